The molecule has 0 aliphatic heterocycles. The van der Waals surface area contributed by atoms with Crippen LogP contribution in [-0.2, 0) is 4.79 Å². The molecule has 0 aromatic rings. The van der Waals surface area contributed by atoms with Crippen LogP contribution in [-0.4, -0.2) is 46.1 Å². The van der Waals surface area contributed by atoms with Crippen LogP contribution in [0.5, 0.6) is 0 Å². The van der Waals surface area contributed by atoms with Gasteiger partial charge >= 0.3 is 0 Å². The van der Waals surface area contributed by atoms with Gasteiger partial charge in [0.25, 0.3) is 0 Å². The van der Waals surface area contributed by atoms with Gasteiger partial charge in [-0.3, -0.25) is 4.79 Å². The zero-order chi connectivity index (χ0) is 30.2. The number of nitrogens with one attached hydrogen (secondary N) is 1. The first-order valence-corrected chi connectivity index (χ1v) is 18.3. The molecule has 5 nitrogen and oxygen atoms in total. The molecule has 3 unspecified atom stereocenters. The minimum atomic E-state index is -1.06. The molecule has 0 fully saturated rings. The van der Waals surface area contributed by atoms with Gasteiger partial charge in [-0.25, -0.2) is 0 Å². The van der Waals surface area contributed by atoms with E-state index < -0.39 is 24.2 Å². The molecule has 5 heteroatoms. The second kappa shape index (κ2) is 32.3. The first-order valence-electron chi connectivity index (χ1n) is 18.3. The van der Waals surface area contributed by atoms with Gasteiger partial charge in [0.2, 0.25) is 5.91 Å². The van der Waals surface area contributed by atoms with Gasteiger partial charge in [-0.05, 0) is 12.8 Å². The van der Waals surface area contributed by atoms with Crippen molar-refractivity contribution in [2.24, 2.45) is 0 Å². The average molecular weight is 584 g/mol. The maximum absolute atomic E-state index is 12.4. The van der Waals surface area contributed by atoms with Crippen LogP contribution in [0.2, 0.25) is 0 Å². The fourth-order valence-electron chi connectivity index (χ4n) is 5.78. The van der Waals surface area contributed by atoms with E-state index in [1.807, 2.05) is 0 Å². The van der Waals surface area contributed by atoms with Crippen LogP contribution in [0.1, 0.15) is 200 Å². The summed E-state index contributed by atoms with van der Waals surface area (Å²) in [7, 11) is 0. The Morgan fingerprint density at radius 1 is 0.488 bits per heavy atom. The summed E-state index contributed by atoms with van der Waals surface area (Å²) in [5.41, 5.74) is 0. The zero-order valence-corrected chi connectivity index (χ0v) is 27.7. The van der Waals surface area contributed by atoms with Gasteiger partial charge in [-0.1, -0.05) is 187 Å². The second-order valence-corrected chi connectivity index (χ2v) is 12.8. The molecular weight excluding hydrogens is 510 g/mol. The average Bonchev–Trinajstić information content (AvgIpc) is 2.98. The molecule has 0 aliphatic carbocycles. The second-order valence-electron chi connectivity index (χ2n) is 12.8. The first kappa shape index (κ1) is 40.4. The van der Waals surface area contributed by atoms with Crippen LogP contribution in [0.15, 0.2) is 0 Å². The van der Waals surface area contributed by atoms with Crippen LogP contribution in [0.4, 0.5) is 0 Å². The zero-order valence-electron chi connectivity index (χ0n) is 27.7. The molecule has 0 saturated carbocycles. The van der Waals surface area contributed by atoms with Crippen molar-refractivity contribution in [1.82, 2.24) is 5.32 Å². The molecule has 0 saturated heterocycles. The largest absolute Gasteiger partial charge is 0.394 e. The highest BCUT2D eigenvalue weighted by molar-refractivity contribution is 5.80. The first-order chi connectivity index (χ1) is 20.1. The number of hydrogen-bond donors (Lipinski definition) is 4. The molecule has 246 valence electrons. The van der Waals surface area contributed by atoms with E-state index in [-0.39, 0.29) is 6.61 Å². The normalized spacial score (nSPS) is 13.8. The highest BCUT2D eigenvalue weighted by Gasteiger charge is 2.23. The van der Waals surface area contributed by atoms with Crippen LogP contribution in [0, 0.1) is 0 Å². The third kappa shape index (κ3) is 27.9. The Hall–Kier alpha value is -0.650. The standard InChI is InChI=1S/C36H73NO4/c1-3-5-7-9-11-13-14-15-16-17-18-19-20-21-23-25-27-29-31-35(40)36(41)37-33(32-38)34(39)30-28-26-24-22-12-10-8-6-4-2/h33-35,38-40H,3-32H2,1-2H3,(H,37,41). The molecule has 41 heavy (non-hydrogen) atoms. The van der Waals surface area contributed by atoms with E-state index in [2.05, 4.69) is 19.2 Å². The molecule has 3 atom stereocenters. The van der Waals surface area contributed by atoms with E-state index >= 15 is 0 Å². The van der Waals surface area contributed by atoms with E-state index in [9.17, 15) is 20.1 Å². The van der Waals surface area contributed by atoms with Crippen molar-refractivity contribution in [2.45, 2.75) is 218 Å². The lowest BCUT2D eigenvalue weighted by molar-refractivity contribution is -0.131. The molecule has 0 radical (unpaired) electrons. The summed E-state index contributed by atoms with van der Waals surface area (Å²) in [6, 6.07) is -0.702. The monoisotopic (exact) mass is 584 g/mol. The topological polar surface area (TPSA) is 89.8 Å². The maximum atomic E-state index is 12.4. The van der Waals surface area contributed by atoms with Gasteiger partial charge in [0.05, 0.1) is 18.8 Å². The van der Waals surface area contributed by atoms with Gasteiger partial charge in [0.15, 0.2) is 0 Å². The van der Waals surface area contributed by atoms with Crippen molar-refractivity contribution in [3.63, 3.8) is 0 Å². The fourth-order valence-corrected chi connectivity index (χ4v) is 5.78. The molecule has 0 aliphatic rings. The van der Waals surface area contributed by atoms with E-state index in [1.165, 1.54) is 141 Å². The lowest BCUT2D eigenvalue weighted by Crippen LogP contribution is -2.49. The Bertz CT molecular complexity index is 530. The third-order valence-electron chi connectivity index (χ3n) is 8.73. The van der Waals surface area contributed by atoms with Crippen molar-refractivity contribution in [3.8, 4) is 0 Å². The van der Waals surface area contributed by atoms with Crippen LogP contribution in [0.3, 0.4) is 0 Å². The number of hydrogen-bond acceptors (Lipinski definition) is 4. The number of unbranched alkanes of at least 4 members (excludes halogenated alkanes) is 25. The smallest absolute Gasteiger partial charge is 0.249 e. The highest BCUT2D eigenvalue weighted by atomic mass is 16.3. The number of rotatable bonds is 33. The molecule has 0 rings (SSSR count). The quantitative estimate of drug-likeness (QED) is 0.0579. The fraction of sp³-hybridized carbons (Fsp3) is 0.972. The number of amides is 1. The maximum Gasteiger partial charge on any atom is 0.249 e. The van der Waals surface area contributed by atoms with Crippen LogP contribution < -0.4 is 5.32 Å². The van der Waals surface area contributed by atoms with Crippen LogP contribution >= 0.6 is 0 Å². The van der Waals surface area contributed by atoms with Crippen molar-refractivity contribution in [3.05, 3.63) is 0 Å². The summed E-state index contributed by atoms with van der Waals surface area (Å²) in [6.45, 7) is 4.20. The molecule has 0 spiro atoms. The summed E-state index contributed by atoms with van der Waals surface area (Å²) < 4.78 is 0. The number of aliphatic hydroxyl groups is 3. The minimum Gasteiger partial charge on any atom is -0.394 e. The van der Waals surface area contributed by atoms with Gasteiger partial charge < -0.3 is 20.6 Å². The summed E-state index contributed by atoms with van der Waals surface area (Å²) in [5.74, 6) is -0.470. The number of carbonyl (C=O) groups excluding carboxylic acids is 1. The Balaban J connectivity index is 3.60. The SMILES string of the molecule is CCCCCCCCCCCCCCCCCCCCC(O)C(=O)NC(CO)C(O)CCCCCCCCCCC. The molecule has 4 N–H and O–H groups in total. The Labute approximate surface area is 256 Å². The Morgan fingerprint density at radius 2 is 0.780 bits per heavy atom. The molecule has 1 amide bonds. The van der Waals surface area contributed by atoms with Gasteiger partial charge in [-0.2, -0.15) is 0 Å². The van der Waals surface area contributed by atoms with Crippen molar-refractivity contribution in [2.75, 3.05) is 6.61 Å². The van der Waals surface area contributed by atoms with Crippen LogP contribution in [0.25, 0.3) is 0 Å². The van der Waals surface area contributed by atoms with Gasteiger partial charge in [-0.15, -0.1) is 0 Å². The molecule has 0 aromatic heterocycles. The van der Waals surface area contributed by atoms with E-state index in [0.717, 1.165) is 32.1 Å². The third-order valence-corrected chi connectivity index (χ3v) is 8.73. The summed E-state index contributed by atoms with van der Waals surface area (Å²) >= 11 is 0. The number of aliphatic hydroxyl groups excluding tert-OH is 3. The van der Waals surface area contributed by atoms with E-state index in [4.69, 9.17) is 0 Å². The Morgan fingerprint density at radius 3 is 1.10 bits per heavy atom. The summed E-state index contributed by atoms with van der Waals surface area (Å²) in [6.07, 6.45) is 33.8. The molecular formula is C36H73NO4. The summed E-state index contributed by atoms with van der Waals surface area (Å²) in [4.78, 5) is 12.4. The Kier molecular flexibility index (Phi) is 31.8. The summed E-state index contributed by atoms with van der Waals surface area (Å²) in [5, 5.41) is 33.0. The minimum absolute atomic E-state index is 0.309. The predicted octanol–water partition coefficient (Wildman–Crippen LogP) is 9.54. The lowest BCUT2D eigenvalue weighted by atomic mass is 10.0. The van der Waals surface area contributed by atoms with Gasteiger partial charge in [0, 0.05) is 0 Å². The molecule has 0 heterocycles. The molecule has 0 aromatic carbocycles. The van der Waals surface area contributed by atoms with Crippen molar-refractivity contribution >= 4 is 5.91 Å². The molecule has 0 bridgehead atoms. The van der Waals surface area contributed by atoms with E-state index in [0.29, 0.717) is 12.8 Å². The van der Waals surface area contributed by atoms with Crippen molar-refractivity contribution in [1.29, 1.82) is 0 Å². The highest BCUT2D eigenvalue weighted by Crippen LogP contribution is 2.16. The van der Waals surface area contributed by atoms with Crippen molar-refractivity contribution < 1.29 is 20.1 Å². The lowest BCUT2D eigenvalue weighted by Gasteiger charge is -2.23. The number of carbonyl (C=O) groups is 1. The van der Waals surface area contributed by atoms with E-state index in [1.54, 1.807) is 0 Å². The van der Waals surface area contributed by atoms with Gasteiger partial charge in [0.1, 0.15) is 6.10 Å². The predicted molar refractivity (Wildman–Crippen MR) is 176 cm³/mol.